The van der Waals surface area contributed by atoms with Gasteiger partial charge in [-0.1, -0.05) is 36.3 Å². The molecule has 0 saturated carbocycles. The van der Waals surface area contributed by atoms with E-state index in [9.17, 15) is 0 Å². The zero-order valence-electron chi connectivity index (χ0n) is 14.0. The van der Waals surface area contributed by atoms with Gasteiger partial charge in [0, 0.05) is 32.2 Å². The molecular weight excluding hydrogens is 399 g/mol. The van der Waals surface area contributed by atoms with Gasteiger partial charge in [0.2, 0.25) is 0 Å². The summed E-state index contributed by atoms with van der Waals surface area (Å²) < 4.78 is 0. The second kappa shape index (κ2) is 10.5. The third kappa shape index (κ3) is 6.40. The van der Waals surface area contributed by atoms with Gasteiger partial charge >= 0.3 is 0 Å². The predicted octanol–water partition coefficient (Wildman–Crippen LogP) is 2.46. The van der Waals surface area contributed by atoms with Crippen LogP contribution < -0.4 is 10.6 Å². The van der Waals surface area contributed by atoms with Crippen LogP contribution in [0.4, 0.5) is 0 Å². The number of hydrogen-bond donors (Lipinski definition) is 2. The molecule has 1 aliphatic rings. The topological polar surface area (TPSA) is 39.7 Å². The maximum absolute atomic E-state index is 5.28. The average Bonchev–Trinajstić information content (AvgIpc) is 2.55. The molecule has 1 aromatic carbocycles. The highest BCUT2D eigenvalue weighted by Gasteiger charge is 2.25. The van der Waals surface area contributed by atoms with Gasteiger partial charge < -0.3 is 10.6 Å². The summed E-state index contributed by atoms with van der Waals surface area (Å²) in [5.74, 6) is 3.37. The van der Waals surface area contributed by atoms with Gasteiger partial charge in [-0.3, -0.25) is 9.89 Å². The molecule has 2 N–H and O–H groups in total. The Bertz CT molecular complexity index is 524. The number of likely N-dealkylation sites (tertiary alicyclic amines) is 1. The minimum absolute atomic E-state index is 0. The minimum Gasteiger partial charge on any atom is -0.354 e. The van der Waals surface area contributed by atoms with Crippen LogP contribution >= 0.6 is 24.0 Å². The Morgan fingerprint density at radius 2 is 2.13 bits per heavy atom. The highest BCUT2D eigenvalue weighted by Crippen LogP contribution is 2.19. The molecule has 2 unspecified atom stereocenters. The van der Waals surface area contributed by atoms with Crippen LogP contribution in [0, 0.1) is 12.3 Å². The largest absolute Gasteiger partial charge is 0.354 e. The molecule has 1 aromatic rings. The van der Waals surface area contributed by atoms with Gasteiger partial charge in [0.25, 0.3) is 0 Å². The number of nitrogens with one attached hydrogen (secondary N) is 2. The van der Waals surface area contributed by atoms with Crippen molar-refractivity contribution in [3.05, 3.63) is 35.9 Å². The van der Waals surface area contributed by atoms with E-state index < -0.39 is 0 Å². The molecule has 2 atom stereocenters. The molecule has 23 heavy (non-hydrogen) atoms. The Hall–Kier alpha value is -1.26. The Labute approximate surface area is 157 Å². The van der Waals surface area contributed by atoms with E-state index in [0.29, 0.717) is 18.6 Å². The smallest absolute Gasteiger partial charge is 0.191 e. The summed E-state index contributed by atoms with van der Waals surface area (Å²) in [5, 5.41) is 6.59. The van der Waals surface area contributed by atoms with Crippen molar-refractivity contribution in [2.75, 3.05) is 20.1 Å². The summed E-state index contributed by atoms with van der Waals surface area (Å²) in [7, 11) is 1.78. The number of terminal acetylenes is 1. The SMILES string of the molecule is C#CCNC(=NC)NC1CCN(Cc2ccccc2)C(C)C1.I. The maximum atomic E-state index is 5.28. The third-order valence-electron chi connectivity index (χ3n) is 4.16. The predicted molar refractivity (Wildman–Crippen MR) is 108 cm³/mol. The van der Waals surface area contributed by atoms with Gasteiger partial charge in [-0.15, -0.1) is 30.4 Å². The third-order valence-corrected chi connectivity index (χ3v) is 4.16. The molecule has 0 radical (unpaired) electrons. The van der Waals surface area contributed by atoms with E-state index >= 15 is 0 Å². The lowest BCUT2D eigenvalue weighted by atomic mass is 9.97. The van der Waals surface area contributed by atoms with Crippen LogP contribution in [0.25, 0.3) is 0 Å². The van der Waals surface area contributed by atoms with E-state index in [4.69, 9.17) is 6.42 Å². The van der Waals surface area contributed by atoms with Crippen molar-refractivity contribution in [2.45, 2.75) is 38.4 Å². The number of hydrogen-bond acceptors (Lipinski definition) is 2. The molecule has 5 heteroatoms. The fraction of sp³-hybridized carbons (Fsp3) is 0.500. The first kappa shape index (κ1) is 19.8. The molecule has 0 aliphatic carbocycles. The van der Waals surface area contributed by atoms with Crippen LogP contribution in [0.15, 0.2) is 35.3 Å². The van der Waals surface area contributed by atoms with Crippen molar-refractivity contribution in [3.8, 4) is 12.3 Å². The standard InChI is InChI=1S/C18H26N4.HI/c1-4-11-20-18(19-3)21-17-10-12-22(15(2)13-17)14-16-8-6-5-7-9-16;/h1,5-9,15,17H,10-14H2,2-3H3,(H2,19,20,21);1H. The minimum atomic E-state index is 0. The summed E-state index contributed by atoms with van der Waals surface area (Å²) in [6.07, 6.45) is 7.51. The molecule has 0 amide bonds. The van der Waals surface area contributed by atoms with Crippen molar-refractivity contribution in [3.63, 3.8) is 0 Å². The molecule has 0 bridgehead atoms. The van der Waals surface area contributed by atoms with Crippen LogP contribution in [0.5, 0.6) is 0 Å². The molecule has 1 heterocycles. The van der Waals surface area contributed by atoms with Crippen LogP contribution in [-0.2, 0) is 6.54 Å². The van der Waals surface area contributed by atoms with Crippen molar-refractivity contribution in [1.29, 1.82) is 0 Å². The zero-order valence-corrected chi connectivity index (χ0v) is 16.3. The number of guanidine groups is 1. The molecule has 4 nitrogen and oxygen atoms in total. The van der Waals surface area contributed by atoms with Crippen LogP contribution in [0.2, 0.25) is 0 Å². The molecule has 126 valence electrons. The quantitative estimate of drug-likeness (QED) is 0.336. The van der Waals surface area contributed by atoms with E-state index in [-0.39, 0.29) is 24.0 Å². The number of aliphatic imine (C=N–C) groups is 1. The van der Waals surface area contributed by atoms with Gasteiger partial charge in [0.05, 0.1) is 6.54 Å². The molecule has 1 fully saturated rings. The molecule has 2 rings (SSSR count). The van der Waals surface area contributed by atoms with E-state index in [0.717, 1.165) is 31.9 Å². The number of nitrogens with zero attached hydrogens (tertiary/aromatic N) is 2. The maximum Gasteiger partial charge on any atom is 0.191 e. The molecule has 1 aliphatic heterocycles. The first-order chi connectivity index (χ1) is 10.7. The average molecular weight is 426 g/mol. The zero-order chi connectivity index (χ0) is 15.8. The summed E-state index contributed by atoms with van der Waals surface area (Å²) in [6, 6.07) is 11.7. The number of piperidine rings is 1. The lowest BCUT2D eigenvalue weighted by molar-refractivity contribution is 0.134. The number of benzene rings is 1. The summed E-state index contributed by atoms with van der Waals surface area (Å²) in [5.41, 5.74) is 1.38. The second-order valence-electron chi connectivity index (χ2n) is 5.80. The molecular formula is C18H27IN4. The fourth-order valence-corrected chi connectivity index (χ4v) is 2.93. The van der Waals surface area contributed by atoms with Gasteiger partial charge in [-0.25, -0.2) is 0 Å². The Morgan fingerprint density at radius 3 is 2.74 bits per heavy atom. The second-order valence-corrected chi connectivity index (χ2v) is 5.80. The van der Waals surface area contributed by atoms with E-state index in [1.54, 1.807) is 7.05 Å². The monoisotopic (exact) mass is 426 g/mol. The van der Waals surface area contributed by atoms with Crippen LogP contribution in [0.3, 0.4) is 0 Å². The van der Waals surface area contributed by atoms with Crippen LogP contribution in [-0.4, -0.2) is 43.1 Å². The van der Waals surface area contributed by atoms with E-state index in [2.05, 4.69) is 63.7 Å². The number of rotatable bonds is 4. The first-order valence-corrected chi connectivity index (χ1v) is 7.91. The van der Waals surface area contributed by atoms with Gasteiger partial charge in [-0.2, -0.15) is 0 Å². The summed E-state index contributed by atoms with van der Waals surface area (Å²) >= 11 is 0. The Morgan fingerprint density at radius 1 is 1.39 bits per heavy atom. The Kier molecular flexibility index (Phi) is 9.03. The van der Waals surface area contributed by atoms with Crippen molar-refractivity contribution in [1.82, 2.24) is 15.5 Å². The van der Waals surface area contributed by atoms with Crippen molar-refractivity contribution in [2.24, 2.45) is 4.99 Å². The summed E-state index contributed by atoms with van der Waals surface area (Å²) in [4.78, 5) is 6.76. The highest BCUT2D eigenvalue weighted by molar-refractivity contribution is 14.0. The lowest BCUT2D eigenvalue weighted by Crippen LogP contribution is -2.51. The van der Waals surface area contributed by atoms with E-state index in [1.165, 1.54) is 5.56 Å². The highest BCUT2D eigenvalue weighted by atomic mass is 127. The van der Waals surface area contributed by atoms with Gasteiger partial charge in [-0.05, 0) is 25.3 Å². The molecule has 0 spiro atoms. The first-order valence-electron chi connectivity index (χ1n) is 7.91. The lowest BCUT2D eigenvalue weighted by Gasteiger charge is -2.38. The molecule has 0 aromatic heterocycles. The van der Waals surface area contributed by atoms with Gasteiger partial charge in [0.1, 0.15) is 0 Å². The normalized spacial score (nSPS) is 21.9. The number of halogens is 1. The summed E-state index contributed by atoms with van der Waals surface area (Å²) in [6.45, 7) is 4.93. The van der Waals surface area contributed by atoms with E-state index in [1.807, 2.05) is 0 Å². The van der Waals surface area contributed by atoms with Crippen LogP contribution in [0.1, 0.15) is 25.3 Å². The molecule has 1 saturated heterocycles. The fourth-order valence-electron chi connectivity index (χ4n) is 2.93. The van der Waals surface area contributed by atoms with Crippen molar-refractivity contribution < 1.29 is 0 Å². The van der Waals surface area contributed by atoms with Crippen molar-refractivity contribution >= 4 is 29.9 Å². The Balaban J connectivity index is 0.00000264. The van der Waals surface area contributed by atoms with Gasteiger partial charge in [0.15, 0.2) is 5.96 Å².